The van der Waals surface area contributed by atoms with Gasteiger partial charge in [0.1, 0.15) is 23.9 Å². The topological polar surface area (TPSA) is 131 Å². The number of rotatable bonds is 7. The van der Waals surface area contributed by atoms with E-state index < -0.39 is 60.6 Å². The van der Waals surface area contributed by atoms with Gasteiger partial charge in [0.05, 0.1) is 35.1 Å². The highest BCUT2D eigenvalue weighted by Crippen LogP contribution is 2.40. The molecule has 2 aliphatic rings. The lowest BCUT2D eigenvalue weighted by Crippen LogP contribution is -2.52. The molecule has 5 rings (SSSR count). The first-order valence-corrected chi connectivity index (χ1v) is 12.2. The Bertz CT molecular complexity index is 1440. The van der Waals surface area contributed by atoms with Crippen LogP contribution in [-0.4, -0.2) is 45.1 Å². The fourth-order valence-electron chi connectivity index (χ4n) is 4.85. The first kappa shape index (κ1) is 26.1. The molecule has 3 aromatic rings. The number of pyridine rings is 2. The zero-order valence-corrected chi connectivity index (χ0v) is 20.4. The number of nitrogens with zero attached hydrogens (tertiary/aromatic N) is 4. The molecule has 0 spiro atoms. The molecule has 3 heterocycles. The summed E-state index contributed by atoms with van der Waals surface area (Å²) in [5.41, 5.74) is 0.903. The number of hydrogen-bond donors (Lipinski definition) is 3. The molecule has 0 radical (unpaired) electrons. The number of nitriles is 1. The number of benzene rings is 1. The van der Waals surface area contributed by atoms with E-state index in [9.17, 15) is 33.1 Å². The molecule has 2 fully saturated rings. The second-order valence-corrected chi connectivity index (χ2v) is 9.55. The Hall–Kier alpha value is -4.50. The highest BCUT2D eigenvalue weighted by Gasteiger charge is 2.47. The molecule has 2 amide bonds. The number of aliphatic hydroxyl groups excluding tert-OH is 1. The Morgan fingerprint density at radius 3 is 2.62 bits per heavy atom. The molecule has 3 N–H and O–H groups in total. The van der Waals surface area contributed by atoms with Crippen molar-refractivity contribution in [3.8, 4) is 6.07 Å². The predicted octanol–water partition coefficient (Wildman–Crippen LogP) is 3.39. The molecule has 9 nitrogen and oxygen atoms in total. The van der Waals surface area contributed by atoms with Crippen molar-refractivity contribution in [2.24, 2.45) is 0 Å². The first-order valence-electron chi connectivity index (χ1n) is 12.2. The Balaban J connectivity index is 1.45. The van der Waals surface area contributed by atoms with Crippen molar-refractivity contribution in [1.82, 2.24) is 15.3 Å². The van der Waals surface area contributed by atoms with Crippen LogP contribution in [0.4, 0.5) is 24.7 Å². The summed E-state index contributed by atoms with van der Waals surface area (Å²) in [6.07, 6.45) is -0.320. The fourth-order valence-corrected chi connectivity index (χ4v) is 4.85. The fraction of sp³-hybridized carbons (Fsp3) is 0.296. The summed E-state index contributed by atoms with van der Waals surface area (Å²) < 4.78 is 41.1. The molecule has 200 valence electrons. The van der Waals surface area contributed by atoms with Crippen molar-refractivity contribution >= 4 is 23.3 Å². The number of carbonyl (C=O) groups is 2. The summed E-state index contributed by atoms with van der Waals surface area (Å²) in [6, 6.07) is 12.5. The van der Waals surface area contributed by atoms with E-state index in [2.05, 4.69) is 20.6 Å². The van der Waals surface area contributed by atoms with E-state index in [0.717, 1.165) is 17.2 Å². The smallest absolute Gasteiger partial charge is 0.252 e. The summed E-state index contributed by atoms with van der Waals surface area (Å²) in [7, 11) is 0. The van der Waals surface area contributed by atoms with Crippen molar-refractivity contribution in [2.75, 3.05) is 10.2 Å². The maximum atomic E-state index is 14.4. The van der Waals surface area contributed by atoms with Crippen LogP contribution in [0, 0.1) is 17.1 Å². The van der Waals surface area contributed by atoms with Crippen molar-refractivity contribution in [1.29, 1.82) is 5.26 Å². The minimum absolute atomic E-state index is 0.0513. The van der Waals surface area contributed by atoms with E-state index >= 15 is 0 Å². The van der Waals surface area contributed by atoms with Crippen molar-refractivity contribution in [3.63, 3.8) is 0 Å². The maximum Gasteiger partial charge on any atom is 0.252 e. The first-order chi connectivity index (χ1) is 18.6. The van der Waals surface area contributed by atoms with Gasteiger partial charge < -0.3 is 15.7 Å². The van der Waals surface area contributed by atoms with Gasteiger partial charge in [0, 0.05) is 37.6 Å². The van der Waals surface area contributed by atoms with E-state index in [1.54, 1.807) is 30.3 Å². The van der Waals surface area contributed by atoms with E-state index in [1.807, 2.05) is 6.07 Å². The number of nitrogens with one attached hydrogen (secondary N) is 2. The Kier molecular flexibility index (Phi) is 6.93. The summed E-state index contributed by atoms with van der Waals surface area (Å²) in [4.78, 5) is 35.4. The van der Waals surface area contributed by atoms with Gasteiger partial charge in [0.2, 0.25) is 11.8 Å². The third-order valence-corrected chi connectivity index (χ3v) is 6.78. The number of hydrogen-bond acceptors (Lipinski definition) is 7. The van der Waals surface area contributed by atoms with Crippen LogP contribution in [0.15, 0.2) is 60.9 Å². The Morgan fingerprint density at radius 1 is 1.18 bits per heavy atom. The highest BCUT2D eigenvalue weighted by molar-refractivity contribution is 5.96. The average molecular weight is 537 g/mol. The molecule has 1 aliphatic heterocycles. The zero-order chi connectivity index (χ0) is 27.7. The minimum Gasteiger partial charge on any atom is -0.372 e. The van der Waals surface area contributed by atoms with Crippen LogP contribution in [0.5, 0.6) is 0 Å². The van der Waals surface area contributed by atoms with Crippen LogP contribution in [0.1, 0.15) is 48.0 Å². The molecule has 2 aromatic heterocycles. The number of halogens is 3. The zero-order valence-electron chi connectivity index (χ0n) is 20.4. The van der Waals surface area contributed by atoms with Crippen LogP contribution >= 0.6 is 0 Å². The SMILES string of the molecule is N#Cc1ccnc(N2C(=O)CC(c3ncc(F)cc3N[C@H](C(=O)NC3CC(F)(F)C3)c3ccccc3)[C@H]2O)c1. The van der Waals surface area contributed by atoms with Gasteiger partial charge in [-0.05, 0) is 17.7 Å². The Labute approximate surface area is 221 Å². The number of amides is 2. The summed E-state index contributed by atoms with van der Waals surface area (Å²) in [5.74, 6) is -5.51. The molecule has 1 unspecified atom stereocenters. The summed E-state index contributed by atoms with van der Waals surface area (Å²) in [6.45, 7) is 0. The van der Waals surface area contributed by atoms with Crippen LogP contribution < -0.4 is 15.5 Å². The van der Waals surface area contributed by atoms with Gasteiger partial charge in [-0.15, -0.1) is 0 Å². The number of aliphatic hydroxyl groups is 1. The minimum atomic E-state index is -2.83. The van der Waals surface area contributed by atoms with Crippen LogP contribution in [0.3, 0.4) is 0 Å². The molecule has 1 saturated heterocycles. The number of carbonyl (C=O) groups excluding carboxylic acids is 2. The molecule has 1 saturated carbocycles. The lowest BCUT2D eigenvalue weighted by atomic mass is 9.88. The van der Waals surface area contributed by atoms with E-state index in [4.69, 9.17) is 0 Å². The highest BCUT2D eigenvalue weighted by atomic mass is 19.3. The van der Waals surface area contributed by atoms with E-state index in [-0.39, 0.29) is 29.2 Å². The van der Waals surface area contributed by atoms with Gasteiger partial charge in [-0.25, -0.2) is 18.2 Å². The largest absolute Gasteiger partial charge is 0.372 e. The van der Waals surface area contributed by atoms with Crippen molar-refractivity contribution < 1.29 is 27.9 Å². The second-order valence-electron chi connectivity index (χ2n) is 9.55. The van der Waals surface area contributed by atoms with Gasteiger partial charge in [0.25, 0.3) is 5.92 Å². The van der Waals surface area contributed by atoms with Crippen LogP contribution in [0.25, 0.3) is 0 Å². The lowest BCUT2D eigenvalue weighted by molar-refractivity contribution is -0.130. The quantitative estimate of drug-likeness (QED) is 0.422. The summed E-state index contributed by atoms with van der Waals surface area (Å²) in [5, 5.41) is 25.9. The second kappa shape index (κ2) is 10.3. The van der Waals surface area contributed by atoms with Crippen LogP contribution in [-0.2, 0) is 9.59 Å². The lowest BCUT2D eigenvalue weighted by Gasteiger charge is -2.36. The molecule has 3 atom stereocenters. The predicted molar refractivity (Wildman–Crippen MR) is 133 cm³/mol. The van der Waals surface area contributed by atoms with Crippen molar-refractivity contribution in [2.45, 2.75) is 49.4 Å². The molecule has 0 bridgehead atoms. The molecule has 1 aromatic carbocycles. The molecular weight excluding hydrogens is 513 g/mol. The maximum absolute atomic E-state index is 14.4. The van der Waals surface area contributed by atoms with Gasteiger partial charge in [-0.3, -0.25) is 19.5 Å². The molecule has 39 heavy (non-hydrogen) atoms. The van der Waals surface area contributed by atoms with E-state index in [1.165, 1.54) is 18.3 Å². The standard InChI is InChI=1S/C27H23F3N6O3/c28-17-9-20(35-23(16-4-2-1-3-5-16)25(38)34-18-11-27(29,30)12-18)24(33-14-17)19-10-22(37)36(26(19)39)21-8-15(13-31)6-7-32-21/h1-9,14,18-19,23,26,35,39H,10-12H2,(H,34,38)/t19?,23-,26+/m0/s1. The van der Waals surface area contributed by atoms with Crippen LogP contribution in [0.2, 0.25) is 0 Å². The monoisotopic (exact) mass is 536 g/mol. The van der Waals surface area contributed by atoms with E-state index in [0.29, 0.717) is 5.56 Å². The van der Waals surface area contributed by atoms with Gasteiger partial charge >= 0.3 is 0 Å². The van der Waals surface area contributed by atoms with Gasteiger partial charge in [-0.1, -0.05) is 30.3 Å². The molecule has 1 aliphatic carbocycles. The average Bonchev–Trinajstić information content (AvgIpc) is 3.20. The summed E-state index contributed by atoms with van der Waals surface area (Å²) >= 11 is 0. The number of aromatic nitrogens is 2. The van der Waals surface area contributed by atoms with Crippen molar-refractivity contribution in [3.05, 3.63) is 83.6 Å². The normalized spacial score (nSPS) is 21.1. The third-order valence-electron chi connectivity index (χ3n) is 6.78. The molecule has 12 heteroatoms. The molecular formula is C27H23F3N6O3. The van der Waals surface area contributed by atoms with Gasteiger partial charge in [0.15, 0.2) is 0 Å². The Morgan fingerprint density at radius 2 is 1.92 bits per heavy atom. The van der Waals surface area contributed by atoms with Gasteiger partial charge in [-0.2, -0.15) is 5.26 Å². The number of alkyl halides is 2. The third kappa shape index (κ3) is 5.39. The number of anilines is 2.